The molecule has 2 aromatic rings. The summed E-state index contributed by atoms with van der Waals surface area (Å²) < 4.78 is -0.907. The lowest BCUT2D eigenvalue weighted by Crippen LogP contribution is -2.16. The van der Waals surface area contributed by atoms with E-state index in [1.807, 2.05) is 54.6 Å². The number of carbonyl (C=O) groups is 1. The van der Waals surface area contributed by atoms with Crippen LogP contribution in [0.5, 0.6) is 0 Å². The number of rotatable bonds is 4. The van der Waals surface area contributed by atoms with Gasteiger partial charge in [0.1, 0.15) is 4.33 Å². The van der Waals surface area contributed by atoms with E-state index in [1.165, 1.54) is 0 Å². The lowest BCUT2D eigenvalue weighted by molar-refractivity contribution is -0.117. The molecule has 0 bridgehead atoms. The second kappa shape index (κ2) is 5.79. The van der Waals surface area contributed by atoms with Gasteiger partial charge in [0.15, 0.2) is 0 Å². The zero-order valence-corrected chi connectivity index (χ0v) is 13.4. The molecular formula is C18H15Cl2NO. The first-order valence-electron chi connectivity index (χ1n) is 7.01. The predicted octanol–water partition coefficient (Wildman–Crippen LogP) is 4.88. The minimum absolute atomic E-state index is 0.146. The third kappa shape index (κ3) is 3.18. The van der Waals surface area contributed by atoms with Crippen LogP contribution in [0.2, 0.25) is 0 Å². The van der Waals surface area contributed by atoms with E-state index in [1.54, 1.807) is 0 Å². The Bertz CT molecular complexity index is 725. The van der Waals surface area contributed by atoms with E-state index >= 15 is 0 Å². The van der Waals surface area contributed by atoms with Crippen molar-refractivity contribution in [2.24, 2.45) is 5.92 Å². The summed E-state index contributed by atoms with van der Waals surface area (Å²) in [5.41, 5.74) is 3.64. The number of halogens is 2. The molecular weight excluding hydrogens is 317 g/mol. The third-order valence-corrected chi connectivity index (χ3v) is 4.58. The normalized spacial score (nSPS) is 18.5. The Balaban J connectivity index is 1.76. The standard InChI is InChI=1S/C18H15Cl2NO/c1-12(13-6-3-2-4-7-13)14-8-5-9-15(10-14)21-17(22)16-11-18(16,19)20/h2-10,16H,1,11H2,(H,21,22). The summed E-state index contributed by atoms with van der Waals surface area (Å²) >= 11 is 11.8. The monoisotopic (exact) mass is 331 g/mol. The van der Waals surface area contributed by atoms with Crippen molar-refractivity contribution in [2.45, 2.75) is 10.8 Å². The van der Waals surface area contributed by atoms with Crippen molar-refractivity contribution in [1.29, 1.82) is 0 Å². The molecule has 0 radical (unpaired) electrons. The number of amides is 1. The van der Waals surface area contributed by atoms with Gasteiger partial charge in [0.25, 0.3) is 0 Å². The number of alkyl halides is 2. The Morgan fingerprint density at radius 1 is 1.09 bits per heavy atom. The molecule has 1 N–H and O–H groups in total. The van der Waals surface area contributed by atoms with Crippen LogP contribution in [0.3, 0.4) is 0 Å². The van der Waals surface area contributed by atoms with Gasteiger partial charge in [0.2, 0.25) is 5.91 Å². The quantitative estimate of drug-likeness (QED) is 0.795. The lowest BCUT2D eigenvalue weighted by Gasteiger charge is -2.10. The molecule has 2 nitrogen and oxygen atoms in total. The third-order valence-electron chi connectivity index (χ3n) is 3.74. The Hall–Kier alpha value is -1.77. The number of carbonyl (C=O) groups excluding carboxylic acids is 1. The smallest absolute Gasteiger partial charge is 0.230 e. The molecule has 0 heterocycles. The molecule has 1 fully saturated rings. The average Bonchev–Trinajstić information content (AvgIpc) is 3.17. The number of benzene rings is 2. The van der Waals surface area contributed by atoms with Crippen LogP contribution < -0.4 is 5.32 Å². The Morgan fingerprint density at radius 2 is 1.73 bits per heavy atom. The largest absolute Gasteiger partial charge is 0.326 e. The zero-order valence-electron chi connectivity index (χ0n) is 11.9. The van der Waals surface area contributed by atoms with Gasteiger partial charge in [-0.2, -0.15) is 0 Å². The maximum absolute atomic E-state index is 12.0. The zero-order chi connectivity index (χ0) is 15.7. The van der Waals surface area contributed by atoms with Gasteiger partial charge in [-0.3, -0.25) is 4.79 Å². The second-order valence-corrected chi connectivity index (χ2v) is 6.97. The number of anilines is 1. The molecule has 0 saturated heterocycles. The van der Waals surface area contributed by atoms with Crippen molar-refractivity contribution in [3.05, 3.63) is 72.3 Å². The molecule has 1 unspecified atom stereocenters. The summed E-state index contributed by atoms with van der Waals surface area (Å²) in [6.45, 7) is 4.13. The maximum atomic E-state index is 12.0. The molecule has 2 aromatic carbocycles. The van der Waals surface area contributed by atoms with Crippen LogP contribution >= 0.6 is 23.2 Å². The highest BCUT2D eigenvalue weighted by molar-refractivity contribution is 6.52. The molecule has 112 valence electrons. The highest BCUT2D eigenvalue weighted by Gasteiger charge is 2.56. The number of nitrogens with one attached hydrogen (secondary N) is 1. The summed E-state index contributed by atoms with van der Waals surface area (Å²) in [4.78, 5) is 12.0. The number of hydrogen-bond donors (Lipinski definition) is 1. The Labute approximate surface area is 139 Å². The van der Waals surface area contributed by atoms with E-state index in [2.05, 4.69) is 11.9 Å². The molecule has 0 aromatic heterocycles. The van der Waals surface area contributed by atoms with E-state index in [-0.39, 0.29) is 11.8 Å². The topological polar surface area (TPSA) is 29.1 Å². The van der Waals surface area contributed by atoms with Crippen molar-refractivity contribution in [3.8, 4) is 0 Å². The van der Waals surface area contributed by atoms with E-state index in [4.69, 9.17) is 23.2 Å². The molecule has 4 heteroatoms. The van der Waals surface area contributed by atoms with Gasteiger partial charge in [-0.25, -0.2) is 0 Å². The molecule has 1 aliphatic carbocycles. The van der Waals surface area contributed by atoms with Crippen LogP contribution in [-0.4, -0.2) is 10.2 Å². The van der Waals surface area contributed by atoms with Crippen LogP contribution in [0, 0.1) is 5.92 Å². The van der Waals surface area contributed by atoms with Crippen molar-refractivity contribution >= 4 is 40.4 Å². The van der Waals surface area contributed by atoms with Crippen LogP contribution in [0.25, 0.3) is 5.57 Å². The number of hydrogen-bond acceptors (Lipinski definition) is 1. The lowest BCUT2D eigenvalue weighted by atomic mass is 9.99. The van der Waals surface area contributed by atoms with Crippen LogP contribution in [0.4, 0.5) is 5.69 Å². The minimum atomic E-state index is -0.907. The summed E-state index contributed by atoms with van der Waals surface area (Å²) in [6.07, 6.45) is 0.498. The minimum Gasteiger partial charge on any atom is -0.326 e. The molecule has 0 spiro atoms. The van der Waals surface area contributed by atoms with Crippen LogP contribution in [0.1, 0.15) is 17.5 Å². The van der Waals surface area contributed by atoms with Gasteiger partial charge in [-0.15, -0.1) is 23.2 Å². The maximum Gasteiger partial charge on any atom is 0.230 e. The first-order chi connectivity index (χ1) is 10.5. The molecule has 0 aliphatic heterocycles. The highest BCUT2D eigenvalue weighted by Crippen LogP contribution is 2.53. The Kier molecular flexibility index (Phi) is 3.98. The average molecular weight is 332 g/mol. The van der Waals surface area contributed by atoms with E-state index < -0.39 is 4.33 Å². The van der Waals surface area contributed by atoms with E-state index in [0.29, 0.717) is 6.42 Å². The van der Waals surface area contributed by atoms with Crippen LogP contribution in [-0.2, 0) is 4.79 Å². The molecule has 1 atom stereocenters. The fourth-order valence-corrected chi connectivity index (χ4v) is 2.82. The van der Waals surface area contributed by atoms with Gasteiger partial charge in [-0.1, -0.05) is 49.0 Å². The van der Waals surface area contributed by atoms with Crippen molar-refractivity contribution < 1.29 is 4.79 Å². The molecule has 1 aliphatic rings. The SMILES string of the molecule is C=C(c1ccccc1)c1cccc(NC(=O)C2CC2(Cl)Cl)c1. The fourth-order valence-electron chi connectivity index (χ4n) is 2.32. The molecule has 22 heavy (non-hydrogen) atoms. The van der Waals surface area contributed by atoms with Gasteiger partial charge >= 0.3 is 0 Å². The van der Waals surface area contributed by atoms with Gasteiger partial charge in [-0.05, 0) is 35.3 Å². The fraction of sp³-hybridized carbons (Fsp3) is 0.167. The summed E-state index contributed by atoms with van der Waals surface area (Å²) in [5.74, 6) is -0.482. The first-order valence-corrected chi connectivity index (χ1v) is 7.76. The van der Waals surface area contributed by atoms with Crippen molar-refractivity contribution in [1.82, 2.24) is 0 Å². The summed E-state index contributed by atoms with van der Waals surface area (Å²) in [5, 5.41) is 2.86. The second-order valence-electron chi connectivity index (χ2n) is 5.43. The molecule has 1 saturated carbocycles. The summed E-state index contributed by atoms with van der Waals surface area (Å²) in [7, 11) is 0. The predicted molar refractivity (Wildman–Crippen MR) is 92.2 cm³/mol. The highest BCUT2D eigenvalue weighted by atomic mass is 35.5. The van der Waals surface area contributed by atoms with Gasteiger partial charge in [0.05, 0.1) is 5.92 Å². The molecule has 3 rings (SSSR count). The van der Waals surface area contributed by atoms with Crippen LogP contribution in [0.15, 0.2) is 61.2 Å². The van der Waals surface area contributed by atoms with Crippen molar-refractivity contribution in [3.63, 3.8) is 0 Å². The van der Waals surface area contributed by atoms with E-state index in [9.17, 15) is 4.79 Å². The molecule has 1 amide bonds. The van der Waals surface area contributed by atoms with Gasteiger partial charge < -0.3 is 5.32 Å². The Morgan fingerprint density at radius 3 is 2.36 bits per heavy atom. The first kappa shape index (κ1) is 15.1. The van der Waals surface area contributed by atoms with E-state index in [0.717, 1.165) is 22.4 Å². The van der Waals surface area contributed by atoms with Crippen molar-refractivity contribution in [2.75, 3.05) is 5.32 Å². The summed E-state index contributed by atoms with van der Waals surface area (Å²) in [6, 6.07) is 17.5. The van der Waals surface area contributed by atoms with Gasteiger partial charge in [0, 0.05) is 5.69 Å².